The summed E-state index contributed by atoms with van der Waals surface area (Å²) >= 11 is 0. The summed E-state index contributed by atoms with van der Waals surface area (Å²) in [7, 11) is 0. The van der Waals surface area contributed by atoms with Crippen molar-refractivity contribution in [1.29, 1.82) is 0 Å². The molecule has 7 heteroatoms. The Balaban J connectivity index is 1.51. The predicted molar refractivity (Wildman–Crippen MR) is 78.7 cm³/mol. The lowest BCUT2D eigenvalue weighted by atomic mass is 10.2. The van der Waals surface area contributed by atoms with Gasteiger partial charge in [-0.1, -0.05) is 0 Å². The number of nitrogen functional groups attached to an aromatic ring is 1. The summed E-state index contributed by atoms with van der Waals surface area (Å²) in [6, 6.07) is 3.86. The molecular weight excluding hydrogens is 270 g/mol. The number of ether oxygens (including phenoxy) is 1. The second kappa shape index (κ2) is 6.38. The lowest BCUT2D eigenvalue weighted by molar-refractivity contribution is -0.0461. The quantitative estimate of drug-likeness (QED) is 0.532. The monoisotopic (exact) mass is 291 g/mol. The molecule has 2 aliphatic rings. The highest BCUT2D eigenvalue weighted by atomic mass is 16.5. The van der Waals surface area contributed by atoms with E-state index in [0.717, 1.165) is 19.7 Å². The minimum atomic E-state index is -0.138. The fourth-order valence-electron chi connectivity index (χ4n) is 2.97. The first-order chi connectivity index (χ1) is 10.3. The fraction of sp³-hybridized carbons (Fsp3) is 0.571. The smallest absolute Gasteiger partial charge is 0.251 e. The predicted octanol–water partition coefficient (Wildman–Crippen LogP) is -0.0398. The normalized spacial score (nSPS) is 25.4. The average molecular weight is 291 g/mol. The van der Waals surface area contributed by atoms with E-state index in [2.05, 4.69) is 20.6 Å². The molecule has 0 bridgehead atoms. The number of rotatable bonds is 4. The van der Waals surface area contributed by atoms with Gasteiger partial charge < -0.3 is 15.5 Å². The summed E-state index contributed by atoms with van der Waals surface area (Å²) in [4.78, 5) is 18.5. The number of nitrogens with zero attached hydrogens (tertiary/aromatic N) is 2. The second-order valence-electron chi connectivity index (χ2n) is 5.53. The van der Waals surface area contributed by atoms with Crippen molar-refractivity contribution in [2.75, 3.05) is 31.7 Å². The van der Waals surface area contributed by atoms with Crippen molar-refractivity contribution in [3.63, 3.8) is 0 Å². The van der Waals surface area contributed by atoms with Crippen LogP contribution in [0, 0.1) is 0 Å². The van der Waals surface area contributed by atoms with Gasteiger partial charge in [-0.15, -0.1) is 0 Å². The number of anilines is 1. The minimum Gasteiger partial charge on any atom is -0.373 e. The topological polar surface area (TPSA) is 92.5 Å². The van der Waals surface area contributed by atoms with Gasteiger partial charge in [-0.25, -0.2) is 10.8 Å². The Hall–Kier alpha value is -1.70. The number of fused-ring (bicyclic) bond motifs is 1. The van der Waals surface area contributed by atoms with Crippen LogP contribution in [0.4, 0.5) is 5.82 Å². The Labute approximate surface area is 123 Å². The summed E-state index contributed by atoms with van der Waals surface area (Å²) in [5, 5.41) is 2.91. The standard InChI is InChI=1S/C14H21N5O2/c15-18-13-6-10(3-4-16-13)14(20)17-7-12-8-19-5-1-2-11(19)9-21-12/h3-4,6,11-12H,1-2,5,7-9,15H2,(H,16,18)(H,17,20). The fourth-order valence-corrected chi connectivity index (χ4v) is 2.97. The number of hydrogen-bond acceptors (Lipinski definition) is 6. The summed E-state index contributed by atoms with van der Waals surface area (Å²) < 4.78 is 5.82. The molecule has 7 nitrogen and oxygen atoms in total. The third-order valence-corrected chi connectivity index (χ3v) is 4.12. The van der Waals surface area contributed by atoms with Crippen LogP contribution in [0.3, 0.4) is 0 Å². The second-order valence-corrected chi connectivity index (χ2v) is 5.53. The first kappa shape index (κ1) is 14.2. The molecule has 2 saturated heterocycles. The molecule has 2 aliphatic heterocycles. The number of pyridine rings is 1. The third-order valence-electron chi connectivity index (χ3n) is 4.12. The van der Waals surface area contributed by atoms with Crippen molar-refractivity contribution < 1.29 is 9.53 Å². The van der Waals surface area contributed by atoms with Gasteiger partial charge in [-0.05, 0) is 31.5 Å². The van der Waals surface area contributed by atoms with E-state index in [1.54, 1.807) is 18.3 Å². The molecule has 0 radical (unpaired) electrons. The number of hydrogen-bond donors (Lipinski definition) is 3. The molecule has 21 heavy (non-hydrogen) atoms. The number of amides is 1. The number of carbonyl (C=O) groups is 1. The maximum Gasteiger partial charge on any atom is 0.251 e. The molecule has 0 saturated carbocycles. The lowest BCUT2D eigenvalue weighted by Crippen LogP contribution is -2.50. The van der Waals surface area contributed by atoms with E-state index < -0.39 is 0 Å². The van der Waals surface area contributed by atoms with E-state index in [4.69, 9.17) is 10.6 Å². The molecule has 114 valence electrons. The molecule has 4 N–H and O–H groups in total. The van der Waals surface area contributed by atoms with Crippen LogP contribution in [0.15, 0.2) is 18.3 Å². The van der Waals surface area contributed by atoms with Gasteiger partial charge in [0.2, 0.25) is 0 Å². The SMILES string of the molecule is NNc1cc(C(=O)NCC2CN3CCCC3CO2)ccn1. The maximum atomic E-state index is 12.1. The van der Waals surface area contributed by atoms with Gasteiger partial charge in [0, 0.05) is 30.9 Å². The summed E-state index contributed by atoms with van der Waals surface area (Å²) in [6.07, 6.45) is 4.09. The Morgan fingerprint density at radius 3 is 3.33 bits per heavy atom. The molecule has 0 aliphatic carbocycles. The van der Waals surface area contributed by atoms with Crippen LogP contribution >= 0.6 is 0 Å². The van der Waals surface area contributed by atoms with Crippen molar-refractivity contribution in [1.82, 2.24) is 15.2 Å². The Morgan fingerprint density at radius 1 is 1.57 bits per heavy atom. The Bertz CT molecular complexity index is 510. The van der Waals surface area contributed by atoms with Gasteiger partial charge in [0.05, 0.1) is 12.7 Å². The van der Waals surface area contributed by atoms with Gasteiger partial charge in [0.1, 0.15) is 5.82 Å². The van der Waals surface area contributed by atoms with E-state index in [1.807, 2.05) is 0 Å². The largest absolute Gasteiger partial charge is 0.373 e. The van der Waals surface area contributed by atoms with E-state index in [1.165, 1.54) is 12.8 Å². The first-order valence-corrected chi connectivity index (χ1v) is 7.33. The number of nitrogens with two attached hydrogens (primary N) is 1. The van der Waals surface area contributed by atoms with Crippen LogP contribution < -0.4 is 16.6 Å². The molecule has 2 atom stereocenters. The van der Waals surface area contributed by atoms with Crippen molar-refractivity contribution in [2.24, 2.45) is 5.84 Å². The molecule has 1 amide bonds. The molecule has 1 aromatic rings. The first-order valence-electron chi connectivity index (χ1n) is 7.33. The molecule has 2 fully saturated rings. The van der Waals surface area contributed by atoms with E-state index in [9.17, 15) is 4.79 Å². The van der Waals surface area contributed by atoms with Crippen LogP contribution in [-0.2, 0) is 4.74 Å². The van der Waals surface area contributed by atoms with E-state index >= 15 is 0 Å². The Morgan fingerprint density at radius 2 is 2.48 bits per heavy atom. The zero-order valence-electron chi connectivity index (χ0n) is 11.9. The number of aromatic nitrogens is 1. The van der Waals surface area contributed by atoms with Crippen molar-refractivity contribution in [2.45, 2.75) is 25.0 Å². The number of hydrazine groups is 1. The van der Waals surface area contributed by atoms with E-state index in [0.29, 0.717) is 24.0 Å². The van der Waals surface area contributed by atoms with Crippen molar-refractivity contribution >= 4 is 11.7 Å². The number of nitrogens with one attached hydrogen (secondary N) is 2. The highest BCUT2D eigenvalue weighted by molar-refractivity contribution is 5.94. The molecule has 0 spiro atoms. The highest BCUT2D eigenvalue weighted by Crippen LogP contribution is 2.22. The van der Waals surface area contributed by atoms with Gasteiger partial charge in [-0.2, -0.15) is 0 Å². The summed E-state index contributed by atoms with van der Waals surface area (Å²) in [5.74, 6) is 5.62. The average Bonchev–Trinajstić information content (AvgIpc) is 3.00. The molecule has 3 rings (SSSR count). The van der Waals surface area contributed by atoms with Gasteiger partial charge in [0.15, 0.2) is 0 Å². The third kappa shape index (κ3) is 3.31. The van der Waals surface area contributed by atoms with Crippen LogP contribution in [0.5, 0.6) is 0 Å². The van der Waals surface area contributed by atoms with Gasteiger partial charge in [-0.3, -0.25) is 9.69 Å². The summed E-state index contributed by atoms with van der Waals surface area (Å²) in [6.45, 7) is 3.35. The zero-order valence-corrected chi connectivity index (χ0v) is 11.9. The summed E-state index contributed by atoms with van der Waals surface area (Å²) in [5.41, 5.74) is 2.97. The highest BCUT2D eigenvalue weighted by Gasteiger charge is 2.32. The maximum absolute atomic E-state index is 12.1. The molecular formula is C14H21N5O2. The van der Waals surface area contributed by atoms with Crippen LogP contribution in [0.2, 0.25) is 0 Å². The van der Waals surface area contributed by atoms with Crippen LogP contribution in [0.1, 0.15) is 23.2 Å². The van der Waals surface area contributed by atoms with Crippen LogP contribution in [0.25, 0.3) is 0 Å². The lowest BCUT2D eigenvalue weighted by Gasteiger charge is -2.35. The molecule has 1 aromatic heterocycles. The number of morpholine rings is 1. The number of carbonyl (C=O) groups excluding carboxylic acids is 1. The van der Waals surface area contributed by atoms with Crippen molar-refractivity contribution in [3.8, 4) is 0 Å². The molecule has 2 unspecified atom stereocenters. The van der Waals surface area contributed by atoms with Crippen molar-refractivity contribution in [3.05, 3.63) is 23.9 Å². The Kier molecular flexibility index (Phi) is 4.33. The molecule has 0 aromatic carbocycles. The van der Waals surface area contributed by atoms with Crippen LogP contribution in [-0.4, -0.2) is 54.2 Å². The van der Waals surface area contributed by atoms with Gasteiger partial charge >= 0.3 is 0 Å². The minimum absolute atomic E-state index is 0.0669. The molecule has 3 heterocycles. The van der Waals surface area contributed by atoms with Gasteiger partial charge in [0.25, 0.3) is 5.91 Å². The van der Waals surface area contributed by atoms with E-state index in [-0.39, 0.29) is 12.0 Å². The zero-order chi connectivity index (χ0) is 14.7.